The highest BCUT2D eigenvalue weighted by Gasteiger charge is 2.15. The maximum Gasteiger partial charge on any atom is 0.335 e. The van der Waals surface area contributed by atoms with Crippen LogP contribution in [0.5, 0.6) is 11.5 Å². The Hall–Kier alpha value is -2.23. The molecular formula is C14H16O4. The molecule has 0 atom stereocenters. The largest absolute Gasteiger partial charge is 0.493 e. The summed E-state index contributed by atoms with van der Waals surface area (Å²) >= 11 is 0. The van der Waals surface area contributed by atoms with E-state index < -0.39 is 5.97 Å². The number of benzene rings is 1. The van der Waals surface area contributed by atoms with Gasteiger partial charge in [0.05, 0.1) is 12.7 Å². The van der Waals surface area contributed by atoms with Crippen molar-refractivity contribution in [3.8, 4) is 11.5 Å². The molecule has 0 spiro atoms. The van der Waals surface area contributed by atoms with Gasteiger partial charge in [0.15, 0.2) is 11.5 Å². The Morgan fingerprint density at radius 1 is 1.39 bits per heavy atom. The first kappa shape index (κ1) is 13.8. The highest BCUT2D eigenvalue weighted by molar-refractivity contribution is 5.89. The Labute approximate surface area is 106 Å². The summed E-state index contributed by atoms with van der Waals surface area (Å²) in [6.45, 7) is 7.54. The highest BCUT2D eigenvalue weighted by atomic mass is 16.5. The molecule has 1 aromatic carbocycles. The Morgan fingerprint density at radius 3 is 2.61 bits per heavy atom. The van der Waals surface area contributed by atoms with Crippen molar-refractivity contribution < 1.29 is 19.4 Å². The molecule has 1 aromatic rings. The number of hydrogen-bond donors (Lipinski definition) is 1. The molecular weight excluding hydrogens is 232 g/mol. The predicted octanol–water partition coefficient (Wildman–Crippen LogP) is 2.69. The van der Waals surface area contributed by atoms with Crippen LogP contribution in [0.4, 0.5) is 0 Å². The number of carbonyl (C=O) groups is 1. The molecule has 0 aliphatic rings. The number of allylic oxidation sites excluding steroid dienone is 1. The topological polar surface area (TPSA) is 55.8 Å². The Kier molecular flexibility index (Phi) is 4.99. The summed E-state index contributed by atoms with van der Waals surface area (Å²) in [6.07, 6.45) is 3.80. The van der Waals surface area contributed by atoms with Gasteiger partial charge in [-0.1, -0.05) is 18.7 Å². The normalized spacial score (nSPS) is 9.61. The number of rotatable bonds is 7. The molecule has 0 fully saturated rings. The van der Waals surface area contributed by atoms with Crippen LogP contribution in [-0.4, -0.2) is 24.8 Å². The van der Waals surface area contributed by atoms with E-state index in [-0.39, 0.29) is 5.56 Å². The number of aromatic carboxylic acids is 1. The first-order valence-electron chi connectivity index (χ1n) is 5.42. The van der Waals surface area contributed by atoms with Gasteiger partial charge in [0, 0.05) is 5.56 Å². The minimum Gasteiger partial charge on any atom is -0.493 e. The van der Waals surface area contributed by atoms with E-state index in [9.17, 15) is 4.79 Å². The molecule has 1 N–H and O–H groups in total. The standard InChI is InChI=1S/C14H16O4/c1-4-6-10-8-11(14(15)16)9-12(17-3)13(10)18-7-5-2/h4-5,8-9H,1-2,6-7H2,3H3,(H,15,16). The van der Waals surface area contributed by atoms with E-state index in [1.54, 1.807) is 18.2 Å². The van der Waals surface area contributed by atoms with Gasteiger partial charge in [-0.05, 0) is 18.6 Å². The quantitative estimate of drug-likeness (QED) is 0.754. The van der Waals surface area contributed by atoms with Crippen LogP contribution in [0, 0.1) is 0 Å². The van der Waals surface area contributed by atoms with Gasteiger partial charge in [-0.15, -0.1) is 6.58 Å². The SMILES string of the molecule is C=CCOc1c(CC=C)cc(C(=O)O)cc1OC. The summed E-state index contributed by atoms with van der Waals surface area (Å²) in [6, 6.07) is 3.00. The molecule has 1 rings (SSSR count). The van der Waals surface area contributed by atoms with Gasteiger partial charge in [0.25, 0.3) is 0 Å². The third-order valence-electron chi connectivity index (χ3n) is 2.31. The molecule has 0 unspecified atom stereocenters. The average molecular weight is 248 g/mol. The predicted molar refractivity (Wildman–Crippen MR) is 69.5 cm³/mol. The lowest BCUT2D eigenvalue weighted by Crippen LogP contribution is -2.04. The lowest BCUT2D eigenvalue weighted by molar-refractivity contribution is 0.0696. The smallest absolute Gasteiger partial charge is 0.335 e. The van der Waals surface area contributed by atoms with Gasteiger partial charge in [-0.25, -0.2) is 4.79 Å². The molecule has 0 aliphatic heterocycles. The van der Waals surface area contributed by atoms with Gasteiger partial charge in [0.2, 0.25) is 0 Å². The van der Waals surface area contributed by atoms with Crippen molar-refractivity contribution in [2.24, 2.45) is 0 Å². The van der Waals surface area contributed by atoms with E-state index in [2.05, 4.69) is 13.2 Å². The maximum atomic E-state index is 11.0. The Bertz CT molecular complexity index is 463. The minimum absolute atomic E-state index is 0.162. The molecule has 96 valence electrons. The van der Waals surface area contributed by atoms with Gasteiger partial charge in [-0.3, -0.25) is 0 Å². The van der Waals surface area contributed by atoms with Crippen molar-refractivity contribution in [3.05, 3.63) is 48.6 Å². The molecule has 0 aliphatic carbocycles. The van der Waals surface area contributed by atoms with Gasteiger partial charge >= 0.3 is 5.97 Å². The molecule has 4 heteroatoms. The van der Waals surface area contributed by atoms with E-state index in [0.29, 0.717) is 24.5 Å². The van der Waals surface area contributed by atoms with E-state index in [4.69, 9.17) is 14.6 Å². The van der Waals surface area contributed by atoms with E-state index in [0.717, 1.165) is 5.56 Å². The van der Waals surface area contributed by atoms with Crippen LogP contribution in [0.15, 0.2) is 37.4 Å². The van der Waals surface area contributed by atoms with Crippen LogP contribution in [0.2, 0.25) is 0 Å². The number of carboxylic acids is 1. The monoisotopic (exact) mass is 248 g/mol. The van der Waals surface area contributed by atoms with Crippen LogP contribution in [0.25, 0.3) is 0 Å². The molecule has 0 saturated carbocycles. The maximum absolute atomic E-state index is 11.0. The molecule has 18 heavy (non-hydrogen) atoms. The second-order valence-electron chi connectivity index (χ2n) is 3.56. The van der Waals surface area contributed by atoms with Gasteiger partial charge < -0.3 is 14.6 Å². The van der Waals surface area contributed by atoms with Gasteiger partial charge in [0.1, 0.15) is 6.61 Å². The van der Waals surface area contributed by atoms with Crippen LogP contribution < -0.4 is 9.47 Å². The third-order valence-corrected chi connectivity index (χ3v) is 2.31. The van der Waals surface area contributed by atoms with E-state index in [1.807, 2.05) is 0 Å². The molecule has 0 heterocycles. The fourth-order valence-electron chi connectivity index (χ4n) is 1.55. The molecule has 0 radical (unpaired) electrons. The van der Waals surface area contributed by atoms with E-state index >= 15 is 0 Å². The van der Waals surface area contributed by atoms with Crippen molar-refractivity contribution in [2.45, 2.75) is 6.42 Å². The molecule has 4 nitrogen and oxygen atoms in total. The van der Waals surface area contributed by atoms with Crippen molar-refractivity contribution >= 4 is 5.97 Å². The summed E-state index contributed by atoms with van der Waals surface area (Å²) in [5, 5.41) is 9.03. The van der Waals surface area contributed by atoms with Crippen molar-refractivity contribution in [2.75, 3.05) is 13.7 Å². The third kappa shape index (κ3) is 3.13. The summed E-state index contributed by atoms with van der Waals surface area (Å²) in [5.41, 5.74) is 0.887. The van der Waals surface area contributed by atoms with Crippen LogP contribution >= 0.6 is 0 Å². The van der Waals surface area contributed by atoms with Gasteiger partial charge in [-0.2, -0.15) is 0 Å². The zero-order chi connectivity index (χ0) is 13.5. The Morgan fingerprint density at radius 2 is 2.11 bits per heavy atom. The lowest BCUT2D eigenvalue weighted by atomic mass is 10.1. The first-order valence-corrected chi connectivity index (χ1v) is 5.42. The summed E-state index contributed by atoms with van der Waals surface area (Å²) in [5.74, 6) is -0.0789. The Balaban J connectivity index is 3.29. The lowest BCUT2D eigenvalue weighted by Gasteiger charge is -2.14. The van der Waals surface area contributed by atoms with Crippen LogP contribution in [-0.2, 0) is 6.42 Å². The molecule has 0 amide bonds. The molecule has 0 aromatic heterocycles. The van der Waals surface area contributed by atoms with Crippen LogP contribution in [0.3, 0.4) is 0 Å². The first-order chi connectivity index (χ1) is 8.63. The molecule has 0 saturated heterocycles. The summed E-state index contributed by atoms with van der Waals surface area (Å²) < 4.78 is 10.7. The van der Waals surface area contributed by atoms with Crippen molar-refractivity contribution in [1.29, 1.82) is 0 Å². The highest BCUT2D eigenvalue weighted by Crippen LogP contribution is 2.33. The average Bonchev–Trinajstić information content (AvgIpc) is 2.36. The van der Waals surface area contributed by atoms with E-state index in [1.165, 1.54) is 13.2 Å². The summed E-state index contributed by atoms with van der Waals surface area (Å²) in [4.78, 5) is 11.0. The summed E-state index contributed by atoms with van der Waals surface area (Å²) in [7, 11) is 1.47. The zero-order valence-electron chi connectivity index (χ0n) is 10.3. The fraction of sp³-hybridized carbons (Fsp3) is 0.214. The van der Waals surface area contributed by atoms with Crippen molar-refractivity contribution in [1.82, 2.24) is 0 Å². The van der Waals surface area contributed by atoms with Crippen LogP contribution in [0.1, 0.15) is 15.9 Å². The number of carboxylic acid groups (broad SMARTS) is 1. The second-order valence-corrected chi connectivity index (χ2v) is 3.56. The molecule has 0 bridgehead atoms. The zero-order valence-corrected chi connectivity index (χ0v) is 10.3. The van der Waals surface area contributed by atoms with Crippen molar-refractivity contribution in [3.63, 3.8) is 0 Å². The number of hydrogen-bond acceptors (Lipinski definition) is 3. The minimum atomic E-state index is -1.01. The number of ether oxygens (including phenoxy) is 2. The fourth-order valence-corrected chi connectivity index (χ4v) is 1.55. The second kappa shape index (κ2) is 6.49. The number of methoxy groups -OCH3 is 1.